The third-order valence-electron chi connectivity index (χ3n) is 7.55. The van der Waals surface area contributed by atoms with Crippen LogP contribution in [0.2, 0.25) is 0 Å². The average molecular weight is 539 g/mol. The normalized spacial score (nSPS) is 11.6. The van der Waals surface area contributed by atoms with Gasteiger partial charge < -0.3 is 4.55 Å². The molecule has 0 aliphatic heterocycles. The maximum absolute atomic E-state index is 12.1. The van der Waals surface area contributed by atoms with Crippen molar-refractivity contribution >= 4 is 20.9 Å². The number of benzene rings is 2. The van der Waals surface area contributed by atoms with Crippen LogP contribution in [0, 0.1) is 0 Å². The Bertz CT molecular complexity index is 971. The van der Waals surface area contributed by atoms with Crippen LogP contribution in [0.3, 0.4) is 0 Å². The van der Waals surface area contributed by atoms with E-state index in [4.69, 9.17) is 0 Å². The van der Waals surface area contributed by atoms with Gasteiger partial charge in [0.05, 0.1) is 4.90 Å². The molecule has 37 heavy (non-hydrogen) atoms. The zero-order valence-corrected chi connectivity index (χ0v) is 27.0. The molecule has 0 radical (unpaired) electrons. The molecule has 0 heterocycles. The Morgan fingerprint density at radius 1 is 0.568 bits per heavy atom. The van der Waals surface area contributed by atoms with Crippen molar-refractivity contribution in [2.24, 2.45) is 0 Å². The van der Waals surface area contributed by atoms with Gasteiger partial charge in [0, 0.05) is 5.39 Å². The Kier molecular flexibility index (Phi) is 19.2. The van der Waals surface area contributed by atoms with E-state index in [1.165, 1.54) is 108 Å². The number of aryl methyl sites for hydroxylation is 2. The minimum atomic E-state index is -4.51. The molecule has 0 N–H and O–H groups in total. The smallest absolute Gasteiger partial charge is 0.744 e. The molecule has 0 atom stereocenters. The Hall–Kier alpha value is -0.390. The van der Waals surface area contributed by atoms with E-state index < -0.39 is 10.1 Å². The van der Waals surface area contributed by atoms with Gasteiger partial charge in [-0.1, -0.05) is 141 Å². The van der Waals surface area contributed by atoms with Crippen LogP contribution >= 0.6 is 0 Å². The van der Waals surface area contributed by atoms with E-state index in [1.54, 1.807) is 6.07 Å². The Labute approximate surface area is 250 Å². The molecule has 0 bridgehead atoms. The van der Waals surface area contributed by atoms with Gasteiger partial charge in [0.2, 0.25) is 0 Å². The summed E-state index contributed by atoms with van der Waals surface area (Å²) >= 11 is 0. The maximum Gasteiger partial charge on any atom is 1.00 e. The van der Waals surface area contributed by atoms with Crippen molar-refractivity contribution in [2.75, 3.05) is 0 Å². The van der Waals surface area contributed by atoms with Crippen LogP contribution in [0.5, 0.6) is 0 Å². The second-order valence-corrected chi connectivity index (χ2v) is 12.0. The van der Waals surface area contributed by atoms with Gasteiger partial charge in [-0.3, -0.25) is 0 Å². The third kappa shape index (κ3) is 13.5. The first kappa shape index (κ1) is 34.6. The minimum absolute atomic E-state index is 0. The van der Waals surface area contributed by atoms with E-state index in [9.17, 15) is 13.0 Å². The molecule has 0 saturated carbocycles. The Morgan fingerprint density at radius 3 is 1.43 bits per heavy atom. The van der Waals surface area contributed by atoms with Crippen LogP contribution < -0.4 is 29.6 Å². The number of hydrogen-bond donors (Lipinski definition) is 0. The van der Waals surface area contributed by atoms with Crippen molar-refractivity contribution in [2.45, 2.75) is 147 Å². The van der Waals surface area contributed by atoms with Crippen LogP contribution in [0.1, 0.15) is 141 Å². The summed E-state index contributed by atoms with van der Waals surface area (Å²) in [6.07, 6.45) is 24.7. The van der Waals surface area contributed by atoms with Crippen molar-refractivity contribution in [3.05, 3.63) is 41.5 Å². The first-order valence-electron chi connectivity index (χ1n) is 15.0. The van der Waals surface area contributed by atoms with E-state index in [-0.39, 0.29) is 34.5 Å². The first-order chi connectivity index (χ1) is 17.5. The van der Waals surface area contributed by atoms with Gasteiger partial charge in [0.25, 0.3) is 0 Å². The minimum Gasteiger partial charge on any atom is -0.744 e. The van der Waals surface area contributed by atoms with Crippen LogP contribution in [-0.2, 0) is 23.0 Å². The first-order valence-corrected chi connectivity index (χ1v) is 16.4. The van der Waals surface area contributed by atoms with Gasteiger partial charge >= 0.3 is 29.6 Å². The molecular formula is C32H51NaO3S. The number of hydrogen-bond acceptors (Lipinski definition) is 3. The van der Waals surface area contributed by atoms with Crippen LogP contribution in [0.15, 0.2) is 35.2 Å². The molecule has 0 aliphatic carbocycles. The summed E-state index contributed by atoms with van der Waals surface area (Å²) in [6.45, 7) is 4.50. The van der Waals surface area contributed by atoms with Gasteiger partial charge in [0.15, 0.2) is 0 Å². The van der Waals surface area contributed by atoms with Crippen LogP contribution in [-0.4, -0.2) is 13.0 Å². The van der Waals surface area contributed by atoms with Crippen molar-refractivity contribution in [3.8, 4) is 0 Å². The summed E-state index contributed by atoms with van der Waals surface area (Å²) in [4.78, 5) is -0.0418. The second kappa shape index (κ2) is 20.5. The predicted octanol–water partition coefficient (Wildman–Crippen LogP) is 6.89. The monoisotopic (exact) mass is 538 g/mol. The van der Waals surface area contributed by atoms with E-state index in [0.29, 0.717) is 5.39 Å². The number of fused-ring (bicyclic) bond motifs is 1. The fraction of sp³-hybridized carbons (Fsp3) is 0.688. The maximum atomic E-state index is 12.1. The van der Waals surface area contributed by atoms with Crippen molar-refractivity contribution < 1.29 is 42.5 Å². The molecule has 204 valence electrons. The Balaban J connectivity index is 0.00000684. The van der Waals surface area contributed by atoms with Crippen molar-refractivity contribution in [3.63, 3.8) is 0 Å². The third-order valence-corrected chi connectivity index (χ3v) is 8.43. The van der Waals surface area contributed by atoms with Crippen molar-refractivity contribution in [1.29, 1.82) is 0 Å². The van der Waals surface area contributed by atoms with Crippen LogP contribution in [0.25, 0.3) is 10.8 Å². The zero-order valence-electron chi connectivity index (χ0n) is 24.2. The summed E-state index contributed by atoms with van der Waals surface area (Å²) in [5, 5.41) is 1.64. The fourth-order valence-corrected chi connectivity index (χ4v) is 6.13. The van der Waals surface area contributed by atoms with Crippen molar-refractivity contribution in [1.82, 2.24) is 0 Å². The molecule has 2 aromatic rings. The van der Waals surface area contributed by atoms with E-state index in [1.807, 2.05) is 6.07 Å². The standard InChI is InChI=1S/C32H52O3S.Na/c1-3-5-7-9-11-13-15-17-19-22-28-26-27-29(23-20-18-16-14-12-10-8-6-4-2)32-30(28)24-21-25-31(32)36(33,34)35;/h21,24-27H,3-20,22-23H2,1-2H3,(H,33,34,35);/q;+1/p-1. The van der Waals surface area contributed by atoms with Gasteiger partial charge in [-0.15, -0.1) is 0 Å². The number of rotatable bonds is 21. The molecule has 0 aromatic heterocycles. The molecule has 0 unspecified atom stereocenters. The summed E-state index contributed by atoms with van der Waals surface area (Å²) in [7, 11) is -4.51. The largest absolute Gasteiger partial charge is 1.00 e. The predicted molar refractivity (Wildman–Crippen MR) is 154 cm³/mol. The van der Waals surface area contributed by atoms with E-state index >= 15 is 0 Å². The van der Waals surface area contributed by atoms with Gasteiger partial charge in [-0.2, -0.15) is 0 Å². The van der Waals surface area contributed by atoms with Crippen LogP contribution in [0.4, 0.5) is 0 Å². The quantitative estimate of drug-likeness (QED) is 0.0987. The summed E-state index contributed by atoms with van der Waals surface area (Å²) in [5.74, 6) is 0. The molecule has 0 saturated heterocycles. The average Bonchev–Trinajstić information content (AvgIpc) is 2.86. The van der Waals surface area contributed by atoms with E-state index in [2.05, 4.69) is 26.0 Å². The zero-order chi connectivity index (χ0) is 26.1. The molecular weight excluding hydrogens is 487 g/mol. The second-order valence-electron chi connectivity index (χ2n) is 10.7. The topological polar surface area (TPSA) is 57.2 Å². The molecule has 2 aromatic carbocycles. The molecule has 2 rings (SSSR count). The summed E-state index contributed by atoms with van der Waals surface area (Å²) in [6, 6.07) is 9.50. The molecule has 0 aliphatic rings. The molecule has 0 fully saturated rings. The molecule has 3 nitrogen and oxygen atoms in total. The molecule has 0 spiro atoms. The SMILES string of the molecule is CCCCCCCCCCCc1ccc(CCCCCCCCCCC)c2c(S(=O)(=O)[O-])cccc12.[Na+]. The summed E-state index contributed by atoms with van der Waals surface area (Å²) < 4.78 is 36.3. The fourth-order valence-electron chi connectivity index (χ4n) is 5.39. The van der Waals surface area contributed by atoms with E-state index in [0.717, 1.165) is 43.1 Å². The molecule has 0 amide bonds. The summed E-state index contributed by atoms with van der Waals surface area (Å²) in [5.41, 5.74) is 2.19. The van der Waals surface area contributed by atoms with Gasteiger partial charge in [0.1, 0.15) is 10.1 Å². The van der Waals surface area contributed by atoms with Gasteiger partial charge in [-0.05, 0) is 48.3 Å². The van der Waals surface area contributed by atoms with Gasteiger partial charge in [-0.25, -0.2) is 8.42 Å². The Morgan fingerprint density at radius 2 is 0.973 bits per heavy atom. The molecule has 5 heteroatoms. The number of unbranched alkanes of at least 4 members (excludes halogenated alkanes) is 16.